The lowest BCUT2D eigenvalue weighted by Gasteiger charge is -2.30. The van der Waals surface area contributed by atoms with Gasteiger partial charge >= 0.3 is 0 Å². The molecule has 3 rings (SSSR count). The fourth-order valence-corrected chi connectivity index (χ4v) is 2.66. The Morgan fingerprint density at radius 3 is 2.79 bits per heavy atom. The van der Waals surface area contributed by atoms with E-state index in [-0.39, 0.29) is 30.9 Å². The lowest BCUT2D eigenvalue weighted by Crippen LogP contribution is -2.43. The quantitative estimate of drug-likeness (QED) is 0.849. The number of aromatic nitrogens is 1. The standard InChI is InChI=1S/C16H19N3O5/c17-16(21)11-3-5-19(6-4-11)15(20)10-22-9-12-8-14(24-18-12)13-2-1-7-23-13/h1-2,7-8,11H,3-6,9-10H2,(H2,17,21). The van der Waals surface area contributed by atoms with Crippen LogP contribution in [0.1, 0.15) is 18.5 Å². The summed E-state index contributed by atoms with van der Waals surface area (Å²) >= 11 is 0. The Hall–Kier alpha value is -2.61. The number of nitrogens with two attached hydrogens (primary N) is 1. The van der Waals surface area contributed by atoms with Gasteiger partial charge in [0.2, 0.25) is 17.6 Å². The number of hydrogen-bond acceptors (Lipinski definition) is 6. The second-order valence-corrected chi connectivity index (χ2v) is 5.71. The van der Waals surface area contributed by atoms with Crippen LogP contribution in [0.4, 0.5) is 0 Å². The lowest BCUT2D eigenvalue weighted by molar-refractivity contribution is -0.139. The highest BCUT2D eigenvalue weighted by molar-refractivity contribution is 5.79. The summed E-state index contributed by atoms with van der Waals surface area (Å²) in [7, 11) is 0. The van der Waals surface area contributed by atoms with Gasteiger partial charge in [0.1, 0.15) is 12.3 Å². The first-order valence-electron chi connectivity index (χ1n) is 7.78. The molecule has 2 aromatic rings. The molecule has 2 amide bonds. The molecule has 3 heterocycles. The molecule has 0 radical (unpaired) electrons. The molecule has 1 saturated heterocycles. The van der Waals surface area contributed by atoms with Gasteiger partial charge in [0.05, 0.1) is 12.9 Å². The number of piperidine rings is 1. The molecule has 0 spiro atoms. The van der Waals surface area contributed by atoms with Crippen LogP contribution in [0.3, 0.4) is 0 Å². The van der Waals surface area contributed by atoms with E-state index in [1.165, 1.54) is 0 Å². The van der Waals surface area contributed by atoms with Crippen LogP contribution in [-0.4, -0.2) is 41.6 Å². The van der Waals surface area contributed by atoms with E-state index in [0.29, 0.717) is 43.1 Å². The van der Waals surface area contributed by atoms with Crippen LogP contribution in [0.15, 0.2) is 33.4 Å². The summed E-state index contributed by atoms with van der Waals surface area (Å²) in [5.74, 6) is 0.565. The fraction of sp³-hybridized carbons (Fsp3) is 0.438. The molecular formula is C16H19N3O5. The minimum atomic E-state index is -0.295. The Morgan fingerprint density at radius 1 is 1.33 bits per heavy atom. The molecule has 2 aromatic heterocycles. The summed E-state index contributed by atoms with van der Waals surface area (Å²) in [6.45, 7) is 1.20. The van der Waals surface area contributed by atoms with Crippen LogP contribution < -0.4 is 5.73 Å². The Balaban J connectivity index is 1.42. The molecule has 0 unspecified atom stereocenters. The van der Waals surface area contributed by atoms with Crippen LogP contribution in [0.5, 0.6) is 0 Å². The number of likely N-dealkylation sites (tertiary alicyclic amines) is 1. The van der Waals surface area contributed by atoms with Gasteiger partial charge in [-0.25, -0.2) is 0 Å². The van der Waals surface area contributed by atoms with E-state index < -0.39 is 0 Å². The molecule has 0 bridgehead atoms. The van der Waals surface area contributed by atoms with Gasteiger partial charge in [-0.15, -0.1) is 0 Å². The first-order valence-corrected chi connectivity index (χ1v) is 7.78. The summed E-state index contributed by atoms with van der Waals surface area (Å²) < 4.78 is 15.8. The van der Waals surface area contributed by atoms with E-state index >= 15 is 0 Å². The third-order valence-electron chi connectivity index (χ3n) is 4.05. The zero-order valence-electron chi connectivity index (χ0n) is 13.1. The zero-order valence-corrected chi connectivity index (χ0v) is 13.1. The van der Waals surface area contributed by atoms with Gasteiger partial charge in [-0.2, -0.15) is 0 Å². The van der Waals surface area contributed by atoms with E-state index in [2.05, 4.69) is 5.16 Å². The summed E-state index contributed by atoms with van der Waals surface area (Å²) in [4.78, 5) is 24.9. The molecule has 128 valence electrons. The SMILES string of the molecule is NC(=O)C1CCN(C(=O)COCc2cc(-c3ccco3)on2)CC1. The zero-order chi connectivity index (χ0) is 16.9. The van der Waals surface area contributed by atoms with Crippen LogP contribution >= 0.6 is 0 Å². The molecule has 0 aliphatic carbocycles. The Bertz CT molecular complexity index is 686. The number of nitrogens with zero attached hydrogens (tertiary/aromatic N) is 2. The average molecular weight is 333 g/mol. The first-order chi connectivity index (χ1) is 11.6. The molecule has 2 N–H and O–H groups in total. The Morgan fingerprint density at radius 2 is 2.12 bits per heavy atom. The van der Waals surface area contributed by atoms with Crippen LogP contribution in [0, 0.1) is 5.92 Å². The maximum Gasteiger partial charge on any atom is 0.248 e. The number of carbonyl (C=O) groups excluding carboxylic acids is 2. The topological polar surface area (TPSA) is 112 Å². The number of carbonyl (C=O) groups is 2. The maximum absolute atomic E-state index is 12.1. The molecule has 8 heteroatoms. The second-order valence-electron chi connectivity index (χ2n) is 5.71. The predicted octanol–water partition coefficient (Wildman–Crippen LogP) is 1.18. The summed E-state index contributed by atoms with van der Waals surface area (Å²) in [6.07, 6.45) is 2.77. The van der Waals surface area contributed by atoms with Gasteiger partial charge in [0.25, 0.3) is 0 Å². The number of ether oxygens (including phenoxy) is 1. The highest BCUT2D eigenvalue weighted by atomic mass is 16.5. The van der Waals surface area contributed by atoms with Crippen molar-refractivity contribution in [1.82, 2.24) is 10.1 Å². The van der Waals surface area contributed by atoms with Gasteiger partial charge in [-0.3, -0.25) is 9.59 Å². The van der Waals surface area contributed by atoms with Gasteiger partial charge < -0.3 is 24.3 Å². The molecule has 1 aliphatic heterocycles. The van der Waals surface area contributed by atoms with Crippen LogP contribution in [0.2, 0.25) is 0 Å². The smallest absolute Gasteiger partial charge is 0.248 e. The van der Waals surface area contributed by atoms with Crippen molar-refractivity contribution in [3.8, 4) is 11.5 Å². The van der Waals surface area contributed by atoms with Gasteiger partial charge in [-0.1, -0.05) is 5.16 Å². The Labute approximate surface area is 138 Å². The van der Waals surface area contributed by atoms with Crippen molar-refractivity contribution < 1.29 is 23.3 Å². The molecule has 1 fully saturated rings. The van der Waals surface area contributed by atoms with Crippen molar-refractivity contribution in [2.45, 2.75) is 19.4 Å². The average Bonchev–Trinajstić information content (AvgIpc) is 3.26. The van der Waals surface area contributed by atoms with Crippen molar-refractivity contribution in [1.29, 1.82) is 0 Å². The monoisotopic (exact) mass is 333 g/mol. The van der Waals surface area contributed by atoms with E-state index in [4.69, 9.17) is 19.4 Å². The fourth-order valence-electron chi connectivity index (χ4n) is 2.66. The number of rotatable bonds is 6. The van der Waals surface area contributed by atoms with Crippen molar-refractivity contribution >= 4 is 11.8 Å². The highest BCUT2D eigenvalue weighted by Crippen LogP contribution is 2.21. The van der Waals surface area contributed by atoms with Crippen LogP contribution in [0.25, 0.3) is 11.5 Å². The van der Waals surface area contributed by atoms with Crippen LogP contribution in [-0.2, 0) is 20.9 Å². The van der Waals surface area contributed by atoms with E-state index in [1.54, 1.807) is 29.4 Å². The van der Waals surface area contributed by atoms with Gasteiger partial charge in [-0.05, 0) is 25.0 Å². The minimum absolute atomic E-state index is 0.0375. The molecule has 24 heavy (non-hydrogen) atoms. The van der Waals surface area contributed by atoms with Gasteiger partial charge in [0.15, 0.2) is 5.76 Å². The number of amides is 2. The number of primary amides is 1. The largest absolute Gasteiger partial charge is 0.461 e. The van der Waals surface area contributed by atoms with Crippen molar-refractivity contribution in [3.63, 3.8) is 0 Å². The van der Waals surface area contributed by atoms with E-state index in [0.717, 1.165) is 0 Å². The maximum atomic E-state index is 12.1. The van der Waals surface area contributed by atoms with Crippen molar-refractivity contribution in [2.75, 3.05) is 19.7 Å². The predicted molar refractivity (Wildman–Crippen MR) is 82.4 cm³/mol. The van der Waals surface area contributed by atoms with Crippen molar-refractivity contribution in [3.05, 3.63) is 30.2 Å². The third kappa shape index (κ3) is 3.83. The normalized spacial score (nSPS) is 15.6. The van der Waals surface area contributed by atoms with Crippen molar-refractivity contribution in [2.24, 2.45) is 11.7 Å². The Kier molecular flexibility index (Phi) is 4.95. The molecule has 8 nitrogen and oxygen atoms in total. The number of hydrogen-bond donors (Lipinski definition) is 1. The third-order valence-corrected chi connectivity index (χ3v) is 4.05. The number of furan rings is 1. The minimum Gasteiger partial charge on any atom is -0.461 e. The van der Waals surface area contributed by atoms with E-state index in [9.17, 15) is 9.59 Å². The van der Waals surface area contributed by atoms with Gasteiger partial charge in [0, 0.05) is 25.1 Å². The van der Waals surface area contributed by atoms with E-state index in [1.807, 2.05) is 0 Å². The summed E-state index contributed by atoms with van der Waals surface area (Å²) in [5.41, 5.74) is 5.87. The molecule has 1 aliphatic rings. The lowest BCUT2D eigenvalue weighted by atomic mass is 9.96. The summed E-state index contributed by atoms with van der Waals surface area (Å²) in [5, 5.41) is 3.87. The summed E-state index contributed by atoms with van der Waals surface area (Å²) in [6, 6.07) is 5.24. The molecule has 0 aromatic carbocycles. The molecular weight excluding hydrogens is 314 g/mol. The second kappa shape index (κ2) is 7.31. The highest BCUT2D eigenvalue weighted by Gasteiger charge is 2.25. The first kappa shape index (κ1) is 16.3. The molecule has 0 atom stereocenters. The molecule has 0 saturated carbocycles.